The fourth-order valence-corrected chi connectivity index (χ4v) is 2.33. The third kappa shape index (κ3) is 5.60. The van der Waals surface area contributed by atoms with Crippen LogP contribution in [-0.2, 0) is 4.74 Å². The Hall–Kier alpha value is -2.86. The van der Waals surface area contributed by atoms with E-state index in [0.717, 1.165) is 0 Å². The first-order chi connectivity index (χ1) is 12.7. The van der Waals surface area contributed by atoms with E-state index in [1.807, 2.05) is 13.8 Å². The quantitative estimate of drug-likeness (QED) is 0.677. The van der Waals surface area contributed by atoms with Crippen molar-refractivity contribution in [2.75, 3.05) is 31.7 Å². The van der Waals surface area contributed by atoms with E-state index in [4.69, 9.17) is 9.47 Å². The lowest BCUT2D eigenvalue weighted by Gasteiger charge is -2.12. The average molecular weight is 356 g/mol. The largest absolute Gasteiger partial charge is 0.491 e. The van der Waals surface area contributed by atoms with Gasteiger partial charge in [0.15, 0.2) is 0 Å². The van der Waals surface area contributed by atoms with Crippen LogP contribution in [0, 0.1) is 0 Å². The number of ether oxygens (including phenoxy) is 2. The smallest absolute Gasteiger partial charge is 0.255 e. The minimum Gasteiger partial charge on any atom is -0.491 e. The molecule has 138 valence electrons. The molecule has 0 spiro atoms. The van der Waals surface area contributed by atoms with E-state index in [2.05, 4.69) is 10.6 Å². The first kappa shape index (κ1) is 19.5. The fourth-order valence-electron chi connectivity index (χ4n) is 2.33. The summed E-state index contributed by atoms with van der Waals surface area (Å²) in [6, 6.07) is 13.8. The Kier molecular flexibility index (Phi) is 7.64. The fraction of sp³-hybridized carbons (Fsp3) is 0.300. The number of para-hydroxylation sites is 1. The second-order valence-electron chi connectivity index (χ2n) is 5.43. The Labute approximate surface area is 153 Å². The molecule has 2 aromatic carbocycles. The van der Waals surface area contributed by atoms with Crippen molar-refractivity contribution in [2.45, 2.75) is 13.8 Å². The minimum absolute atomic E-state index is 0.226. The summed E-state index contributed by atoms with van der Waals surface area (Å²) in [6.45, 7) is 5.82. The molecule has 0 unspecified atom stereocenters. The van der Waals surface area contributed by atoms with Gasteiger partial charge in [-0.1, -0.05) is 18.2 Å². The molecule has 0 bridgehead atoms. The van der Waals surface area contributed by atoms with Gasteiger partial charge in [-0.05, 0) is 44.2 Å². The summed E-state index contributed by atoms with van der Waals surface area (Å²) < 4.78 is 10.8. The van der Waals surface area contributed by atoms with Crippen molar-refractivity contribution in [1.29, 1.82) is 0 Å². The Bertz CT molecular complexity index is 746. The van der Waals surface area contributed by atoms with E-state index >= 15 is 0 Å². The first-order valence-corrected chi connectivity index (χ1v) is 8.64. The van der Waals surface area contributed by atoms with Gasteiger partial charge in [0.2, 0.25) is 0 Å². The highest BCUT2D eigenvalue weighted by atomic mass is 16.5. The summed E-state index contributed by atoms with van der Waals surface area (Å²) in [5, 5.41) is 5.53. The number of carbonyl (C=O) groups is 2. The molecule has 26 heavy (non-hydrogen) atoms. The number of hydrogen-bond acceptors (Lipinski definition) is 4. The summed E-state index contributed by atoms with van der Waals surface area (Å²) in [6.07, 6.45) is 0. The zero-order chi connectivity index (χ0) is 18.8. The van der Waals surface area contributed by atoms with Crippen LogP contribution in [0.25, 0.3) is 0 Å². The molecule has 0 saturated heterocycles. The molecule has 2 rings (SSSR count). The normalized spacial score (nSPS) is 10.2. The van der Waals surface area contributed by atoms with Crippen molar-refractivity contribution in [3.05, 3.63) is 59.7 Å². The highest BCUT2D eigenvalue weighted by molar-refractivity contribution is 6.09. The molecule has 0 heterocycles. The average Bonchev–Trinajstić information content (AvgIpc) is 2.66. The zero-order valence-electron chi connectivity index (χ0n) is 15.1. The van der Waals surface area contributed by atoms with Crippen molar-refractivity contribution in [3.8, 4) is 5.75 Å². The minimum atomic E-state index is -0.308. The van der Waals surface area contributed by atoms with Gasteiger partial charge in [0.1, 0.15) is 12.4 Å². The second-order valence-corrected chi connectivity index (χ2v) is 5.43. The Morgan fingerprint density at radius 3 is 2.54 bits per heavy atom. The molecule has 0 atom stereocenters. The summed E-state index contributed by atoms with van der Waals surface area (Å²) in [7, 11) is 0. The SMILES string of the molecule is CCNC(=O)c1ccccc1NC(=O)c1cccc(OCCOCC)c1. The Morgan fingerprint density at radius 2 is 1.77 bits per heavy atom. The Balaban J connectivity index is 2.07. The summed E-state index contributed by atoms with van der Waals surface area (Å²) >= 11 is 0. The molecular formula is C20H24N2O4. The molecular weight excluding hydrogens is 332 g/mol. The number of benzene rings is 2. The predicted octanol–water partition coefficient (Wildman–Crippen LogP) is 3.10. The van der Waals surface area contributed by atoms with E-state index in [9.17, 15) is 9.59 Å². The van der Waals surface area contributed by atoms with Gasteiger partial charge in [-0.15, -0.1) is 0 Å². The van der Waals surface area contributed by atoms with Crippen molar-refractivity contribution >= 4 is 17.5 Å². The lowest BCUT2D eigenvalue weighted by molar-refractivity contribution is 0.0956. The first-order valence-electron chi connectivity index (χ1n) is 8.64. The van der Waals surface area contributed by atoms with Gasteiger partial charge in [0, 0.05) is 18.7 Å². The maximum Gasteiger partial charge on any atom is 0.255 e. The molecule has 0 radical (unpaired) electrons. The van der Waals surface area contributed by atoms with Crippen molar-refractivity contribution < 1.29 is 19.1 Å². The molecule has 2 amide bonds. The van der Waals surface area contributed by atoms with Gasteiger partial charge in [0.05, 0.1) is 17.9 Å². The zero-order valence-corrected chi connectivity index (χ0v) is 15.1. The van der Waals surface area contributed by atoms with Gasteiger partial charge in [-0.2, -0.15) is 0 Å². The van der Waals surface area contributed by atoms with Crippen LogP contribution in [0.2, 0.25) is 0 Å². The van der Waals surface area contributed by atoms with Crippen LogP contribution in [0.1, 0.15) is 34.6 Å². The van der Waals surface area contributed by atoms with Crippen LogP contribution in [0.15, 0.2) is 48.5 Å². The molecule has 0 aliphatic rings. The van der Waals surface area contributed by atoms with Crippen LogP contribution in [0.3, 0.4) is 0 Å². The standard InChI is InChI=1S/C20H24N2O4/c1-3-21-20(24)17-10-5-6-11-18(17)22-19(23)15-8-7-9-16(14-15)26-13-12-25-4-2/h5-11,14H,3-4,12-13H2,1-2H3,(H,21,24)(H,22,23). The van der Waals surface area contributed by atoms with Gasteiger partial charge in [0.25, 0.3) is 11.8 Å². The molecule has 0 aliphatic carbocycles. The van der Waals surface area contributed by atoms with Crippen molar-refractivity contribution in [3.63, 3.8) is 0 Å². The number of rotatable bonds is 9. The highest BCUT2D eigenvalue weighted by Crippen LogP contribution is 2.18. The van der Waals surface area contributed by atoms with Crippen molar-refractivity contribution in [2.24, 2.45) is 0 Å². The third-order valence-electron chi connectivity index (χ3n) is 3.55. The van der Waals surface area contributed by atoms with Crippen LogP contribution in [0.5, 0.6) is 5.75 Å². The van der Waals surface area contributed by atoms with E-state index in [1.165, 1.54) is 0 Å². The van der Waals surface area contributed by atoms with Crippen LogP contribution >= 0.6 is 0 Å². The predicted molar refractivity (Wildman–Crippen MR) is 101 cm³/mol. The van der Waals surface area contributed by atoms with E-state index < -0.39 is 0 Å². The number of hydrogen-bond donors (Lipinski definition) is 2. The third-order valence-corrected chi connectivity index (χ3v) is 3.55. The van der Waals surface area contributed by atoms with E-state index in [1.54, 1.807) is 48.5 Å². The maximum absolute atomic E-state index is 12.6. The van der Waals surface area contributed by atoms with Gasteiger partial charge in [-0.3, -0.25) is 9.59 Å². The summed E-state index contributed by atoms with van der Waals surface area (Å²) in [5.74, 6) is 0.0581. The Morgan fingerprint density at radius 1 is 0.962 bits per heavy atom. The molecule has 6 heteroatoms. The molecule has 0 aromatic heterocycles. The topological polar surface area (TPSA) is 76.7 Å². The highest BCUT2D eigenvalue weighted by Gasteiger charge is 2.13. The molecule has 0 aliphatic heterocycles. The molecule has 2 N–H and O–H groups in total. The second kappa shape index (κ2) is 10.2. The number of carbonyl (C=O) groups excluding carboxylic acids is 2. The van der Waals surface area contributed by atoms with Gasteiger partial charge >= 0.3 is 0 Å². The van der Waals surface area contributed by atoms with E-state index in [-0.39, 0.29) is 11.8 Å². The van der Waals surface area contributed by atoms with Crippen LogP contribution in [0.4, 0.5) is 5.69 Å². The van der Waals surface area contributed by atoms with Gasteiger partial charge < -0.3 is 20.1 Å². The lowest BCUT2D eigenvalue weighted by Crippen LogP contribution is -2.24. The molecule has 0 saturated carbocycles. The molecule has 6 nitrogen and oxygen atoms in total. The summed E-state index contributed by atoms with van der Waals surface area (Å²) in [5.41, 5.74) is 1.34. The van der Waals surface area contributed by atoms with Crippen LogP contribution < -0.4 is 15.4 Å². The van der Waals surface area contributed by atoms with Crippen LogP contribution in [-0.4, -0.2) is 38.2 Å². The number of amides is 2. The van der Waals surface area contributed by atoms with Gasteiger partial charge in [-0.25, -0.2) is 0 Å². The lowest BCUT2D eigenvalue weighted by atomic mass is 10.1. The molecule has 2 aromatic rings. The number of nitrogens with one attached hydrogen (secondary N) is 2. The van der Waals surface area contributed by atoms with Crippen molar-refractivity contribution in [1.82, 2.24) is 5.32 Å². The molecule has 0 fully saturated rings. The summed E-state index contributed by atoms with van der Waals surface area (Å²) in [4.78, 5) is 24.7. The van der Waals surface area contributed by atoms with E-state index in [0.29, 0.717) is 48.9 Å². The maximum atomic E-state index is 12.6. The number of anilines is 1. The monoisotopic (exact) mass is 356 g/mol.